The Balaban J connectivity index is 4.46. The summed E-state index contributed by atoms with van der Waals surface area (Å²) in [6.07, 6.45) is 1.07. The van der Waals surface area contributed by atoms with Crippen molar-refractivity contribution in [3.63, 3.8) is 0 Å². The highest BCUT2D eigenvalue weighted by atomic mass is 16.3. The van der Waals surface area contributed by atoms with E-state index in [0.717, 1.165) is 6.42 Å². The van der Waals surface area contributed by atoms with Crippen LogP contribution in [0.15, 0.2) is 0 Å². The van der Waals surface area contributed by atoms with Crippen LogP contribution in [0.5, 0.6) is 0 Å². The molecule has 0 radical (unpaired) electrons. The Hall–Kier alpha value is -0.0400. The van der Waals surface area contributed by atoms with Gasteiger partial charge in [0.1, 0.15) is 0 Å². The van der Waals surface area contributed by atoms with Crippen LogP contribution < -0.4 is 0 Å². The van der Waals surface area contributed by atoms with Gasteiger partial charge in [0.05, 0.1) is 0 Å². The summed E-state index contributed by atoms with van der Waals surface area (Å²) < 4.78 is 0. The molecule has 0 fully saturated rings. The van der Waals surface area contributed by atoms with Crippen molar-refractivity contribution in [2.45, 2.75) is 41.0 Å². The van der Waals surface area contributed by atoms with Gasteiger partial charge in [-0.1, -0.05) is 34.6 Å². The van der Waals surface area contributed by atoms with Crippen LogP contribution in [0.4, 0.5) is 0 Å². The van der Waals surface area contributed by atoms with Gasteiger partial charge in [-0.05, 0) is 23.7 Å². The Labute approximate surface area is 70.8 Å². The fourth-order valence-electron chi connectivity index (χ4n) is 1.96. The summed E-state index contributed by atoms with van der Waals surface area (Å²) in [5, 5.41) is 9.32. The first-order valence-electron chi connectivity index (χ1n) is 4.62. The Bertz CT molecular complexity index is 91.4. The monoisotopic (exact) mass is 158 g/mol. The molecule has 0 unspecified atom stereocenters. The molecular formula is C10H22O. The van der Waals surface area contributed by atoms with Gasteiger partial charge in [0.2, 0.25) is 0 Å². The highest BCUT2D eigenvalue weighted by molar-refractivity contribution is 4.83. The van der Waals surface area contributed by atoms with Crippen LogP contribution in [-0.4, -0.2) is 11.7 Å². The summed E-state index contributed by atoms with van der Waals surface area (Å²) in [5.74, 6) is 1.13. The molecular weight excluding hydrogens is 136 g/mol. The summed E-state index contributed by atoms with van der Waals surface area (Å²) in [6, 6.07) is 0. The molecule has 11 heavy (non-hydrogen) atoms. The maximum Gasteiger partial charge on any atom is 0.0492 e. The van der Waals surface area contributed by atoms with Crippen molar-refractivity contribution in [3.8, 4) is 0 Å². The minimum absolute atomic E-state index is 0.139. The predicted octanol–water partition coefficient (Wildman–Crippen LogP) is 2.69. The van der Waals surface area contributed by atoms with Crippen LogP contribution in [0, 0.1) is 17.3 Å². The largest absolute Gasteiger partial charge is 0.396 e. The van der Waals surface area contributed by atoms with E-state index in [0.29, 0.717) is 18.4 Å². The van der Waals surface area contributed by atoms with Crippen LogP contribution in [0.3, 0.4) is 0 Å². The molecule has 0 aliphatic carbocycles. The first-order valence-corrected chi connectivity index (χ1v) is 4.62. The van der Waals surface area contributed by atoms with E-state index < -0.39 is 0 Å². The number of aliphatic hydroxyl groups is 1. The summed E-state index contributed by atoms with van der Waals surface area (Å²) in [5.41, 5.74) is 0.139. The Morgan fingerprint density at radius 2 is 1.45 bits per heavy atom. The van der Waals surface area contributed by atoms with E-state index in [9.17, 15) is 5.11 Å². The topological polar surface area (TPSA) is 20.2 Å². The van der Waals surface area contributed by atoms with Gasteiger partial charge >= 0.3 is 0 Å². The summed E-state index contributed by atoms with van der Waals surface area (Å²) in [7, 11) is 0. The average molecular weight is 158 g/mol. The SMILES string of the molecule is CCC(CO)(C(C)C)C(C)C. The summed E-state index contributed by atoms with van der Waals surface area (Å²) in [6.45, 7) is 11.3. The third-order valence-electron chi connectivity index (χ3n) is 3.25. The maximum atomic E-state index is 9.32. The molecule has 0 saturated heterocycles. The molecule has 0 aliphatic heterocycles. The number of rotatable bonds is 4. The van der Waals surface area contributed by atoms with E-state index >= 15 is 0 Å². The number of aliphatic hydroxyl groups excluding tert-OH is 1. The van der Waals surface area contributed by atoms with Crippen molar-refractivity contribution >= 4 is 0 Å². The molecule has 0 aliphatic rings. The smallest absolute Gasteiger partial charge is 0.0492 e. The normalized spacial score (nSPS) is 13.1. The zero-order chi connectivity index (χ0) is 9.07. The van der Waals surface area contributed by atoms with Crippen molar-refractivity contribution in [2.24, 2.45) is 17.3 Å². The van der Waals surface area contributed by atoms with Crippen molar-refractivity contribution in [3.05, 3.63) is 0 Å². The Morgan fingerprint density at radius 3 is 1.45 bits per heavy atom. The van der Waals surface area contributed by atoms with Gasteiger partial charge < -0.3 is 5.11 Å². The molecule has 0 saturated carbocycles. The van der Waals surface area contributed by atoms with Gasteiger partial charge in [0, 0.05) is 6.61 Å². The molecule has 0 aromatic heterocycles. The minimum atomic E-state index is 0.139. The van der Waals surface area contributed by atoms with Crippen LogP contribution in [0.1, 0.15) is 41.0 Å². The van der Waals surface area contributed by atoms with Crippen LogP contribution in [0.25, 0.3) is 0 Å². The molecule has 0 bridgehead atoms. The van der Waals surface area contributed by atoms with Crippen LogP contribution >= 0.6 is 0 Å². The summed E-state index contributed by atoms with van der Waals surface area (Å²) in [4.78, 5) is 0. The van der Waals surface area contributed by atoms with Gasteiger partial charge in [-0.15, -0.1) is 0 Å². The van der Waals surface area contributed by atoms with Gasteiger partial charge in [-0.2, -0.15) is 0 Å². The summed E-state index contributed by atoms with van der Waals surface area (Å²) >= 11 is 0. The van der Waals surface area contributed by atoms with Crippen molar-refractivity contribution < 1.29 is 5.11 Å². The highest BCUT2D eigenvalue weighted by Crippen LogP contribution is 2.38. The third kappa shape index (κ3) is 1.96. The van der Waals surface area contributed by atoms with Gasteiger partial charge in [0.25, 0.3) is 0 Å². The van der Waals surface area contributed by atoms with E-state index in [1.165, 1.54) is 0 Å². The second-order valence-electron chi connectivity index (χ2n) is 4.05. The van der Waals surface area contributed by atoms with Crippen LogP contribution in [0.2, 0.25) is 0 Å². The fraction of sp³-hybridized carbons (Fsp3) is 1.00. The molecule has 68 valence electrons. The van der Waals surface area contributed by atoms with E-state index in [4.69, 9.17) is 0 Å². The minimum Gasteiger partial charge on any atom is -0.396 e. The molecule has 0 aromatic rings. The molecule has 0 rings (SSSR count). The molecule has 1 heteroatoms. The zero-order valence-corrected chi connectivity index (χ0v) is 8.52. The number of hydrogen-bond donors (Lipinski definition) is 1. The van der Waals surface area contributed by atoms with Gasteiger partial charge in [-0.25, -0.2) is 0 Å². The van der Waals surface area contributed by atoms with E-state index in [1.54, 1.807) is 0 Å². The average Bonchev–Trinajstić information content (AvgIpc) is 1.90. The lowest BCUT2D eigenvalue weighted by Gasteiger charge is -2.39. The highest BCUT2D eigenvalue weighted by Gasteiger charge is 2.34. The van der Waals surface area contributed by atoms with Crippen LogP contribution in [-0.2, 0) is 0 Å². The molecule has 0 atom stereocenters. The zero-order valence-electron chi connectivity index (χ0n) is 8.52. The van der Waals surface area contributed by atoms with Gasteiger partial charge in [-0.3, -0.25) is 0 Å². The van der Waals surface area contributed by atoms with E-state index in [1.807, 2.05) is 0 Å². The molecule has 1 N–H and O–H groups in total. The molecule has 1 nitrogen and oxygen atoms in total. The fourth-order valence-corrected chi connectivity index (χ4v) is 1.96. The standard InChI is InChI=1S/C10H22O/c1-6-10(7-11,8(2)3)9(4)5/h8-9,11H,6-7H2,1-5H3. The predicted molar refractivity (Wildman–Crippen MR) is 49.5 cm³/mol. The Kier molecular flexibility index (Phi) is 4.09. The van der Waals surface area contributed by atoms with Crippen molar-refractivity contribution in [1.82, 2.24) is 0 Å². The lowest BCUT2D eigenvalue weighted by Crippen LogP contribution is -2.36. The lowest BCUT2D eigenvalue weighted by atomic mass is 9.68. The second-order valence-corrected chi connectivity index (χ2v) is 4.05. The maximum absolute atomic E-state index is 9.32. The number of hydrogen-bond acceptors (Lipinski definition) is 1. The Morgan fingerprint density at radius 1 is 1.09 bits per heavy atom. The van der Waals surface area contributed by atoms with Gasteiger partial charge in [0.15, 0.2) is 0 Å². The quantitative estimate of drug-likeness (QED) is 0.667. The van der Waals surface area contributed by atoms with Crippen molar-refractivity contribution in [1.29, 1.82) is 0 Å². The molecule has 0 heterocycles. The molecule has 0 amide bonds. The third-order valence-corrected chi connectivity index (χ3v) is 3.25. The van der Waals surface area contributed by atoms with E-state index in [-0.39, 0.29) is 5.41 Å². The van der Waals surface area contributed by atoms with E-state index in [2.05, 4.69) is 34.6 Å². The molecule has 0 aromatic carbocycles. The molecule has 0 spiro atoms. The van der Waals surface area contributed by atoms with Crippen molar-refractivity contribution in [2.75, 3.05) is 6.61 Å². The first kappa shape index (κ1) is 11.0. The first-order chi connectivity index (χ1) is 5.01. The second kappa shape index (κ2) is 4.10. The lowest BCUT2D eigenvalue weighted by molar-refractivity contribution is 0.0260.